The SMILES string of the molecule is CC(C)Cc1ccc(C(O)CNCCOCC2CC2)cc1. The van der Waals surface area contributed by atoms with Gasteiger partial charge in [0, 0.05) is 19.7 Å². The highest BCUT2D eigenvalue weighted by atomic mass is 16.5. The zero-order valence-corrected chi connectivity index (χ0v) is 13.3. The monoisotopic (exact) mass is 291 g/mol. The second-order valence-corrected chi connectivity index (χ2v) is 6.58. The van der Waals surface area contributed by atoms with Crippen LogP contribution in [0, 0.1) is 11.8 Å². The molecule has 1 aromatic rings. The van der Waals surface area contributed by atoms with Crippen LogP contribution in [0.2, 0.25) is 0 Å². The summed E-state index contributed by atoms with van der Waals surface area (Å²) in [5, 5.41) is 13.4. The zero-order valence-electron chi connectivity index (χ0n) is 13.3. The molecular weight excluding hydrogens is 262 g/mol. The molecule has 21 heavy (non-hydrogen) atoms. The van der Waals surface area contributed by atoms with Crippen LogP contribution < -0.4 is 5.32 Å². The highest BCUT2D eigenvalue weighted by molar-refractivity contribution is 5.24. The summed E-state index contributed by atoms with van der Waals surface area (Å²) in [5.41, 5.74) is 2.32. The number of hydrogen-bond donors (Lipinski definition) is 2. The molecule has 0 heterocycles. The van der Waals surface area contributed by atoms with Gasteiger partial charge in [0.2, 0.25) is 0 Å². The minimum absolute atomic E-state index is 0.443. The van der Waals surface area contributed by atoms with Crippen molar-refractivity contribution >= 4 is 0 Å². The number of nitrogens with one attached hydrogen (secondary N) is 1. The van der Waals surface area contributed by atoms with Crippen molar-refractivity contribution in [1.29, 1.82) is 0 Å². The average Bonchev–Trinajstić information content (AvgIpc) is 3.26. The summed E-state index contributed by atoms with van der Waals surface area (Å²) >= 11 is 0. The quantitative estimate of drug-likeness (QED) is 0.651. The van der Waals surface area contributed by atoms with Gasteiger partial charge in [-0.1, -0.05) is 38.1 Å². The van der Waals surface area contributed by atoms with Crippen molar-refractivity contribution in [3.8, 4) is 0 Å². The van der Waals surface area contributed by atoms with Gasteiger partial charge in [0.05, 0.1) is 12.7 Å². The molecule has 1 aromatic carbocycles. The first-order chi connectivity index (χ1) is 10.1. The molecule has 1 aliphatic carbocycles. The van der Waals surface area contributed by atoms with Crippen molar-refractivity contribution in [3.05, 3.63) is 35.4 Å². The molecule has 0 spiro atoms. The van der Waals surface area contributed by atoms with Gasteiger partial charge in [0.15, 0.2) is 0 Å². The number of ether oxygens (including phenoxy) is 1. The van der Waals surface area contributed by atoms with E-state index >= 15 is 0 Å². The molecule has 2 N–H and O–H groups in total. The number of rotatable bonds is 10. The molecule has 1 atom stereocenters. The van der Waals surface area contributed by atoms with Crippen molar-refractivity contribution in [2.45, 2.75) is 39.2 Å². The van der Waals surface area contributed by atoms with E-state index in [-0.39, 0.29) is 0 Å². The second-order valence-electron chi connectivity index (χ2n) is 6.58. The molecule has 3 nitrogen and oxygen atoms in total. The van der Waals surface area contributed by atoms with Gasteiger partial charge >= 0.3 is 0 Å². The molecule has 118 valence electrons. The van der Waals surface area contributed by atoms with Gasteiger partial charge in [-0.15, -0.1) is 0 Å². The number of aliphatic hydroxyl groups is 1. The molecule has 1 fully saturated rings. The fourth-order valence-electron chi connectivity index (χ4n) is 2.38. The van der Waals surface area contributed by atoms with E-state index in [1.54, 1.807) is 0 Å². The summed E-state index contributed by atoms with van der Waals surface area (Å²) < 4.78 is 5.55. The fourth-order valence-corrected chi connectivity index (χ4v) is 2.38. The normalized spacial score (nSPS) is 16.4. The van der Waals surface area contributed by atoms with Gasteiger partial charge in [0.1, 0.15) is 0 Å². The van der Waals surface area contributed by atoms with Gasteiger partial charge < -0.3 is 15.2 Å². The van der Waals surface area contributed by atoms with Gasteiger partial charge in [-0.2, -0.15) is 0 Å². The third-order valence-corrected chi connectivity index (χ3v) is 3.82. The molecule has 1 unspecified atom stereocenters. The lowest BCUT2D eigenvalue weighted by Gasteiger charge is -2.13. The number of aliphatic hydroxyl groups excluding tert-OH is 1. The number of hydrogen-bond acceptors (Lipinski definition) is 3. The van der Waals surface area contributed by atoms with Crippen LogP contribution in [-0.4, -0.2) is 31.4 Å². The Morgan fingerprint density at radius 1 is 1.24 bits per heavy atom. The molecule has 0 bridgehead atoms. The van der Waals surface area contributed by atoms with E-state index in [1.165, 1.54) is 18.4 Å². The Morgan fingerprint density at radius 3 is 2.57 bits per heavy atom. The van der Waals surface area contributed by atoms with Crippen LogP contribution in [-0.2, 0) is 11.2 Å². The van der Waals surface area contributed by atoms with E-state index < -0.39 is 6.10 Å². The van der Waals surface area contributed by atoms with Crippen LogP contribution in [0.1, 0.15) is 43.9 Å². The second kappa shape index (κ2) is 8.52. The highest BCUT2D eigenvalue weighted by Gasteiger charge is 2.20. The van der Waals surface area contributed by atoms with Crippen LogP contribution >= 0.6 is 0 Å². The topological polar surface area (TPSA) is 41.5 Å². The van der Waals surface area contributed by atoms with Crippen LogP contribution in [0.4, 0.5) is 0 Å². The van der Waals surface area contributed by atoms with Crippen LogP contribution in [0.15, 0.2) is 24.3 Å². The highest BCUT2D eigenvalue weighted by Crippen LogP contribution is 2.28. The molecule has 3 heteroatoms. The molecule has 0 aromatic heterocycles. The summed E-state index contributed by atoms with van der Waals surface area (Å²) in [6.45, 7) is 7.46. The summed E-state index contributed by atoms with van der Waals surface area (Å²) in [6.07, 6.45) is 3.31. The van der Waals surface area contributed by atoms with E-state index in [1.807, 2.05) is 12.1 Å². The Labute approximate surface area is 128 Å². The van der Waals surface area contributed by atoms with Gasteiger partial charge in [0.25, 0.3) is 0 Å². The van der Waals surface area contributed by atoms with Crippen LogP contribution in [0.3, 0.4) is 0 Å². The summed E-state index contributed by atoms with van der Waals surface area (Å²) in [4.78, 5) is 0. The van der Waals surface area contributed by atoms with E-state index in [9.17, 15) is 5.11 Å². The van der Waals surface area contributed by atoms with Gasteiger partial charge in [-0.05, 0) is 42.2 Å². The van der Waals surface area contributed by atoms with Crippen molar-refractivity contribution in [2.24, 2.45) is 11.8 Å². The molecule has 0 aliphatic heterocycles. The molecule has 0 radical (unpaired) electrons. The predicted molar refractivity (Wildman–Crippen MR) is 86.4 cm³/mol. The standard InChI is InChI=1S/C18H29NO2/c1-14(2)11-15-5-7-17(8-6-15)18(20)12-19-9-10-21-13-16-3-4-16/h5-8,14,16,18-20H,3-4,9-13H2,1-2H3. The predicted octanol–water partition coefficient (Wildman–Crippen LogP) is 2.93. The zero-order chi connectivity index (χ0) is 15.1. The fraction of sp³-hybridized carbons (Fsp3) is 0.667. The maximum atomic E-state index is 10.1. The van der Waals surface area contributed by atoms with Crippen molar-refractivity contribution in [1.82, 2.24) is 5.32 Å². The first kappa shape index (κ1) is 16.5. The largest absolute Gasteiger partial charge is 0.387 e. The Balaban J connectivity index is 1.61. The van der Waals surface area contributed by atoms with E-state index in [2.05, 4.69) is 31.3 Å². The number of benzene rings is 1. The smallest absolute Gasteiger partial charge is 0.0914 e. The van der Waals surface area contributed by atoms with E-state index in [0.717, 1.165) is 37.7 Å². The summed E-state index contributed by atoms with van der Waals surface area (Å²) in [6, 6.07) is 8.32. The van der Waals surface area contributed by atoms with Crippen molar-refractivity contribution in [3.63, 3.8) is 0 Å². The Hall–Kier alpha value is -0.900. The third kappa shape index (κ3) is 6.60. The van der Waals surface area contributed by atoms with Crippen molar-refractivity contribution < 1.29 is 9.84 Å². The molecule has 0 saturated heterocycles. The average molecular weight is 291 g/mol. The molecule has 1 saturated carbocycles. The van der Waals surface area contributed by atoms with Crippen LogP contribution in [0.5, 0.6) is 0 Å². The molecule has 2 rings (SSSR count). The minimum atomic E-state index is -0.443. The van der Waals surface area contributed by atoms with Gasteiger partial charge in [-0.3, -0.25) is 0 Å². The lowest BCUT2D eigenvalue weighted by Crippen LogP contribution is -2.25. The minimum Gasteiger partial charge on any atom is -0.387 e. The first-order valence-electron chi connectivity index (χ1n) is 8.20. The molecule has 1 aliphatic rings. The Bertz CT molecular complexity index is 398. The van der Waals surface area contributed by atoms with Gasteiger partial charge in [-0.25, -0.2) is 0 Å². The maximum absolute atomic E-state index is 10.1. The Kier molecular flexibility index (Phi) is 6.68. The van der Waals surface area contributed by atoms with E-state index in [0.29, 0.717) is 12.5 Å². The van der Waals surface area contributed by atoms with Crippen LogP contribution in [0.25, 0.3) is 0 Å². The van der Waals surface area contributed by atoms with Crippen molar-refractivity contribution in [2.75, 3.05) is 26.3 Å². The lowest BCUT2D eigenvalue weighted by molar-refractivity contribution is 0.119. The first-order valence-corrected chi connectivity index (χ1v) is 8.20. The summed E-state index contributed by atoms with van der Waals surface area (Å²) in [7, 11) is 0. The molecular formula is C18H29NO2. The Morgan fingerprint density at radius 2 is 1.95 bits per heavy atom. The third-order valence-electron chi connectivity index (χ3n) is 3.82. The summed E-state index contributed by atoms with van der Waals surface area (Å²) in [5.74, 6) is 1.48. The van der Waals surface area contributed by atoms with E-state index in [4.69, 9.17) is 4.74 Å². The maximum Gasteiger partial charge on any atom is 0.0914 e. The molecule has 0 amide bonds. The lowest BCUT2D eigenvalue weighted by atomic mass is 10.0.